The van der Waals surface area contributed by atoms with Crippen LogP contribution in [0.15, 0.2) is 21.7 Å². The topological polar surface area (TPSA) is 77.1 Å². The first-order valence-corrected chi connectivity index (χ1v) is 9.41. The lowest BCUT2D eigenvalue weighted by Crippen LogP contribution is -2.36. The van der Waals surface area contributed by atoms with Crippen molar-refractivity contribution in [2.45, 2.75) is 50.2 Å². The van der Waals surface area contributed by atoms with Crippen LogP contribution in [-0.2, 0) is 18.3 Å². The van der Waals surface area contributed by atoms with E-state index in [-0.39, 0.29) is 11.9 Å². The van der Waals surface area contributed by atoms with Crippen LogP contribution >= 0.6 is 11.8 Å². The molecule has 1 saturated heterocycles. The number of thioether (sulfide) groups is 1. The lowest BCUT2D eigenvalue weighted by molar-refractivity contribution is -0.131. The maximum Gasteiger partial charge on any atom is 0.233 e. The molecule has 1 amide bonds. The summed E-state index contributed by atoms with van der Waals surface area (Å²) in [5.41, 5.74) is 0. The molecule has 0 bridgehead atoms. The van der Waals surface area contributed by atoms with Crippen LogP contribution in [0.3, 0.4) is 0 Å². The summed E-state index contributed by atoms with van der Waals surface area (Å²) in [5.74, 6) is 2.34. The van der Waals surface area contributed by atoms with Gasteiger partial charge in [0.05, 0.1) is 11.8 Å². The van der Waals surface area contributed by atoms with Crippen molar-refractivity contribution in [2.24, 2.45) is 7.05 Å². The molecule has 0 unspecified atom stereocenters. The molecule has 1 aliphatic heterocycles. The van der Waals surface area contributed by atoms with Gasteiger partial charge in [-0.05, 0) is 35.4 Å². The van der Waals surface area contributed by atoms with E-state index in [1.807, 2.05) is 17.0 Å². The molecule has 1 atom stereocenters. The second-order valence-electron chi connectivity index (χ2n) is 5.98. The normalized spacial score (nSPS) is 18.6. The van der Waals surface area contributed by atoms with Gasteiger partial charge in [-0.1, -0.05) is 31.5 Å². The number of aryl methyl sites for hydroxylation is 2. The standard InChI is InChI=1S/C16H23N5O2S/c1-3-12-8-9-14(23-12)13-7-5-4-6-10-21(13)15(22)11-24-16-17-18-19-20(16)2/h8-9,13H,3-7,10-11H2,1-2H3/t13-/m0/s1. The summed E-state index contributed by atoms with van der Waals surface area (Å²) < 4.78 is 7.52. The summed E-state index contributed by atoms with van der Waals surface area (Å²) in [6.45, 7) is 2.85. The fourth-order valence-electron chi connectivity index (χ4n) is 3.02. The van der Waals surface area contributed by atoms with Gasteiger partial charge in [-0.25, -0.2) is 4.68 Å². The van der Waals surface area contributed by atoms with E-state index in [1.54, 1.807) is 11.7 Å². The molecular weight excluding hydrogens is 326 g/mol. The van der Waals surface area contributed by atoms with Crippen LogP contribution in [0.5, 0.6) is 0 Å². The van der Waals surface area contributed by atoms with Gasteiger partial charge >= 0.3 is 0 Å². The van der Waals surface area contributed by atoms with E-state index in [2.05, 4.69) is 22.4 Å². The lowest BCUT2D eigenvalue weighted by Gasteiger charge is -2.28. The predicted octanol–water partition coefficient (Wildman–Crippen LogP) is 2.60. The third-order valence-corrected chi connectivity index (χ3v) is 5.33. The van der Waals surface area contributed by atoms with E-state index < -0.39 is 0 Å². The fourth-order valence-corrected chi connectivity index (χ4v) is 3.75. The van der Waals surface area contributed by atoms with E-state index in [0.29, 0.717) is 10.9 Å². The van der Waals surface area contributed by atoms with Crippen molar-refractivity contribution in [3.8, 4) is 0 Å². The molecule has 3 heterocycles. The molecule has 0 radical (unpaired) electrons. The highest BCUT2D eigenvalue weighted by Gasteiger charge is 2.29. The Morgan fingerprint density at radius 3 is 2.96 bits per heavy atom. The van der Waals surface area contributed by atoms with E-state index in [4.69, 9.17) is 4.42 Å². The number of nitrogens with zero attached hydrogens (tertiary/aromatic N) is 5. The number of carbonyl (C=O) groups excluding carboxylic acids is 1. The molecule has 0 saturated carbocycles. The summed E-state index contributed by atoms with van der Waals surface area (Å²) in [6, 6.07) is 4.08. The van der Waals surface area contributed by atoms with Gasteiger partial charge in [0.2, 0.25) is 11.1 Å². The van der Waals surface area contributed by atoms with Crippen molar-refractivity contribution >= 4 is 17.7 Å². The summed E-state index contributed by atoms with van der Waals surface area (Å²) >= 11 is 1.37. The highest BCUT2D eigenvalue weighted by molar-refractivity contribution is 7.99. The van der Waals surface area contributed by atoms with Crippen molar-refractivity contribution in [1.82, 2.24) is 25.1 Å². The molecule has 0 aromatic carbocycles. The predicted molar refractivity (Wildman–Crippen MR) is 90.5 cm³/mol. The number of hydrogen-bond donors (Lipinski definition) is 0. The van der Waals surface area contributed by atoms with Crippen molar-refractivity contribution in [3.63, 3.8) is 0 Å². The molecular formula is C16H23N5O2S. The van der Waals surface area contributed by atoms with E-state index in [0.717, 1.165) is 50.2 Å². The van der Waals surface area contributed by atoms with Gasteiger partial charge in [0, 0.05) is 20.0 Å². The van der Waals surface area contributed by atoms with Gasteiger partial charge in [0.25, 0.3) is 0 Å². The minimum atomic E-state index is 0.0403. The summed E-state index contributed by atoms with van der Waals surface area (Å²) in [4.78, 5) is 14.8. The van der Waals surface area contributed by atoms with Gasteiger partial charge in [-0.2, -0.15) is 0 Å². The molecule has 2 aromatic rings. The maximum atomic E-state index is 12.8. The number of likely N-dealkylation sites (tertiary alicyclic amines) is 1. The zero-order valence-electron chi connectivity index (χ0n) is 14.1. The van der Waals surface area contributed by atoms with Gasteiger partial charge in [-0.15, -0.1) is 5.10 Å². The molecule has 130 valence electrons. The molecule has 0 spiro atoms. The SMILES string of the molecule is CCc1ccc([C@@H]2CCCCCN2C(=O)CSc2nnnn2C)o1. The Balaban J connectivity index is 1.71. The van der Waals surface area contributed by atoms with Crippen molar-refractivity contribution in [1.29, 1.82) is 0 Å². The first-order valence-electron chi connectivity index (χ1n) is 8.42. The Morgan fingerprint density at radius 1 is 1.38 bits per heavy atom. The molecule has 2 aromatic heterocycles. The fraction of sp³-hybridized carbons (Fsp3) is 0.625. The maximum absolute atomic E-state index is 12.8. The van der Waals surface area contributed by atoms with Gasteiger partial charge in [0.15, 0.2) is 0 Å². The van der Waals surface area contributed by atoms with E-state index in [9.17, 15) is 4.79 Å². The summed E-state index contributed by atoms with van der Waals surface area (Å²) in [6.07, 6.45) is 5.15. The van der Waals surface area contributed by atoms with Crippen LogP contribution in [-0.4, -0.2) is 43.3 Å². The Labute approximate surface area is 145 Å². The first-order chi connectivity index (χ1) is 11.7. The number of aromatic nitrogens is 4. The third kappa shape index (κ3) is 3.80. The molecule has 7 nitrogen and oxygen atoms in total. The summed E-state index contributed by atoms with van der Waals surface area (Å²) in [7, 11) is 1.77. The van der Waals surface area contributed by atoms with Crippen LogP contribution < -0.4 is 0 Å². The van der Waals surface area contributed by atoms with Crippen LogP contribution in [0.1, 0.15) is 50.2 Å². The Morgan fingerprint density at radius 2 is 2.25 bits per heavy atom. The molecule has 8 heteroatoms. The van der Waals surface area contributed by atoms with Crippen molar-refractivity contribution < 1.29 is 9.21 Å². The Hall–Kier alpha value is -1.83. The molecule has 0 N–H and O–H groups in total. The van der Waals surface area contributed by atoms with Crippen LogP contribution in [0, 0.1) is 0 Å². The smallest absolute Gasteiger partial charge is 0.233 e. The molecule has 0 aliphatic carbocycles. The monoisotopic (exact) mass is 349 g/mol. The number of tetrazole rings is 1. The quantitative estimate of drug-likeness (QED) is 0.772. The average Bonchev–Trinajstić information content (AvgIpc) is 3.15. The highest BCUT2D eigenvalue weighted by Crippen LogP contribution is 2.32. The van der Waals surface area contributed by atoms with Gasteiger partial charge in [-0.3, -0.25) is 4.79 Å². The van der Waals surface area contributed by atoms with Crippen LogP contribution in [0.2, 0.25) is 0 Å². The summed E-state index contributed by atoms with van der Waals surface area (Å²) in [5, 5.41) is 12.0. The van der Waals surface area contributed by atoms with Crippen molar-refractivity contribution in [2.75, 3.05) is 12.3 Å². The number of amides is 1. The zero-order valence-corrected chi connectivity index (χ0v) is 15.0. The second-order valence-corrected chi connectivity index (χ2v) is 6.93. The highest BCUT2D eigenvalue weighted by atomic mass is 32.2. The minimum Gasteiger partial charge on any atom is -0.464 e. The first kappa shape index (κ1) is 17.0. The van der Waals surface area contributed by atoms with Gasteiger partial charge < -0.3 is 9.32 Å². The van der Waals surface area contributed by atoms with Crippen LogP contribution in [0.25, 0.3) is 0 Å². The average molecular weight is 349 g/mol. The Bertz CT molecular complexity index is 684. The van der Waals surface area contributed by atoms with E-state index in [1.165, 1.54) is 11.8 Å². The minimum absolute atomic E-state index is 0.0403. The van der Waals surface area contributed by atoms with E-state index >= 15 is 0 Å². The number of hydrogen-bond acceptors (Lipinski definition) is 6. The largest absolute Gasteiger partial charge is 0.464 e. The number of rotatable bonds is 5. The second kappa shape index (κ2) is 7.83. The molecule has 1 aliphatic rings. The lowest BCUT2D eigenvalue weighted by atomic mass is 10.1. The molecule has 3 rings (SSSR count). The van der Waals surface area contributed by atoms with Gasteiger partial charge in [0.1, 0.15) is 11.5 Å². The number of carbonyl (C=O) groups is 1. The zero-order chi connectivity index (χ0) is 16.9. The molecule has 1 fully saturated rings. The number of furan rings is 1. The third-order valence-electron chi connectivity index (χ3n) is 4.34. The molecule has 24 heavy (non-hydrogen) atoms. The van der Waals surface area contributed by atoms with Crippen LogP contribution in [0.4, 0.5) is 0 Å². The van der Waals surface area contributed by atoms with Crippen molar-refractivity contribution in [3.05, 3.63) is 23.7 Å². The Kier molecular flexibility index (Phi) is 5.55.